The van der Waals surface area contributed by atoms with Gasteiger partial charge in [-0.25, -0.2) is 4.99 Å². The van der Waals surface area contributed by atoms with E-state index in [2.05, 4.69) is 35.3 Å². The van der Waals surface area contributed by atoms with Crippen molar-refractivity contribution in [1.29, 1.82) is 0 Å². The van der Waals surface area contributed by atoms with Gasteiger partial charge in [-0.3, -0.25) is 14.5 Å². The van der Waals surface area contributed by atoms with Crippen molar-refractivity contribution in [2.45, 2.75) is 65.3 Å². The fourth-order valence-corrected chi connectivity index (χ4v) is 4.51. The van der Waals surface area contributed by atoms with Gasteiger partial charge in [-0.1, -0.05) is 31.8 Å². The van der Waals surface area contributed by atoms with E-state index in [1.54, 1.807) is 11.8 Å². The third kappa shape index (κ3) is 8.38. The van der Waals surface area contributed by atoms with E-state index in [4.69, 9.17) is 0 Å². The molecule has 1 saturated carbocycles. The van der Waals surface area contributed by atoms with Gasteiger partial charge in [-0.15, -0.1) is 0 Å². The average molecular weight is 433 g/mol. The maximum absolute atomic E-state index is 11.2. The molecule has 0 aromatic rings. The van der Waals surface area contributed by atoms with Crippen molar-refractivity contribution in [3.8, 4) is 0 Å². The lowest BCUT2D eigenvalue weighted by molar-refractivity contribution is -0.122. The number of ketones is 1. The van der Waals surface area contributed by atoms with Crippen molar-refractivity contribution >= 4 is 30.3 Å². The van der Waals surface area contributed by atoms with Crippen molar-refractivity contribution in [2.75, 3.05) is 19.6 Å². The predicted molar refractivity (Wildman–Crippen MR) is 126 cm³/mol. The fourth-order valence-electron chi connectivity index (χ4n) is 3.59. The molecule has 7 heteroatoms. The maximum Gasteiger partial charge on any atom is 0.215 e. The smallest absolute Gasteiger partial charge is 0.215 e. The van der Waals surface area contributed by atoms with Gasteiger partial charge >= 0.3 is 0 Å². The van der Waals surface area contributed by atoms with Crippen LogP contribution in [0.3, 0.4) is 0 Å². The Morgan fingerprint density at radius 2 is 2.03 bits per heavy atom. The molecule has 0 radical (unpaired) electrons. The Kier molecular flexibility index (Phi) is 9.69. The molecule has 1 amide bonds. The summed E-state index contributed by atoms with van der Waals surface area (Å²) in [7, 11) is 0. The van der Waals surface area contributed by atoms with E-state index >= 15 is 0 Å². The monoisotopic (exact) mass is 432 g/mol. The number of nitrogens with one attached hydrogen (secondary N) is 1. The van der Waals surface area contributed by atoms with E-state index in [0.717, 1.165) is 41.6 Å². The lowest BCUT2D eigenvalue weighted by atomic mass is 9.94. The molecule has 2 aliphatic rings. The average Bonchev–Trinajstić information content (AvgIpc) is 3.52. The van der Waals surface area contributed by atoms with Crippen LogP contribution in [0.4, 0.5) is 0 Å². The van der Waals surface area contributed by atoms with Gasteiger partial charge in [0.25, 0.3) is 0 Å². The number of carbonyl (C=O) groups excluding carboxylic acids is 2. The highest BCUT2D eigenvalue weighted by molar-refractivity contribution is 8.06. The van der Waals surface area contributed by atoms with Gasteiger partial charge in [-0.05, 0) is 58.3 Å². The number of thioether (sulfide) groups is 1. The maximum atomic E-state index is 11.2. The molecule has 1 aliphatic carbocycles. The highest BCUT2D eigenvalue weighted by Gasteiger charge is 2.25. The van der Waals surface area contributed by atoms with Gasteiger partial charge in [0.05, 0.1) is 17.9 Å². The SMILES string of the molecule is C=C(CC1CCCN(C(=C)S/C(CC)=C(C)/N=C\N(C=O)CC(C)=O)C1)NC1CC1. The summed E-state index contributed by atoms with van der Waals surface area (Å²) in [4.78, 5) is 31.4. The summed E-state index contributed by atoms with van der Waals surface area (Å²) in [6.07, 6.45) is 8.86. The van der Waals surface area contributed by atoms with Crippen LogP contribution in [0.25, 0.3) is 0 Å². The summed E-state index contributed by atoms with van der Waals surface area (Å²) in [6.45, 7) is 16.1. The largest absolute Gasteiger partial charge is 0.386 e. The number of carbonyl (C=O) groups is 2. The van der Waals surface area contributed by atoms with Crippen LogP contribution in [-0.2, 0) is 9.59 Å². The number of nitrogens with zero attached hydrogens (tertiary/aromatic N) is 3. The van der Waals surface area contributed by atoms with Crippen molar-refractivity contribution in [3.05, 3.63) is 34.5 Å². The first kappa shape index (κ1) is 24.3. The first-order valence-electron chi connectivity index (χ1n) is 10.8. The highest BCUT2D eigenvalue weighted by Crippen LogP contribution is 2.35. The molecule has 1 N–H and O–H groups in total. The normalized spacial score (nSPS) is 20.0. The quantitative estimate of drug-likeness (QED) is 0.267. The molecule has 1 saturated heterocycles. The van der Waals surface area contributed by atoms with E-state index in [-0.39, 0.29) is 12.3 Å². The molecule has 2 rings (SSSR count). The van der Waals surface area contributed by atoms with Gasteiger partial charge in [0, 0.05) is 35.4 Å². The number of allylic oxidation sites excluding steroid dienone is 3. The Balaban J connectivity index is 1.91. The first-order chi connectivity index (χ1) is 14.3. The van der Waals surface area contributed by atoms with E-state index in [1.807, 2.05) is 6.92 Å². The molecule has 166 valence electrons. The molecule has 30 heavy (non-hydrogen) atoms. The Bertz CT molecular complexity index is 712. The summed E-state index contributed by atoms with van der Waals surface area (Å²) in [5, 5.41) is 4.57. The molecular weight excluding hydrogens is 396 g/mol. The van der Waals surface area contributed by atoms with Crippen molar-refractivity contribution < 1.29 is 9.59 Å². The minimum Gasteiger partial charge on any atom is -0.386 e. The van der Waals surface area contributed by atoms with Crippen LogP contribution in [0, 0.1) is 5.92 Å². The van der Waals surface area contributed by atoms with Crippen LogP contribution >= 0.6 is 11.8 Å². The number of amides is 1. The number of aliphatic imine (C=N–C) groups is 1. The number of piperidine rings is 1. The van der Waals surface area contributed by atoms with Crippen LogP contribution in [0.5, 0.6) is 0 Å². The number of hydrogen-bond acceptors (Lipinski definition) is 6. The summed E-state index contributed by atoms with van der Waals surface area (Å²) in [6, 6.07) is 0.661. The molecule has 2 fully saturated rings. The van der Waals surface area contributed by atoms with Crippen molar-refractivity contribution in [1.82, 2.24) is 15.1 Å². The zero-order valence-corrected chi connectivity index (χ0v) is 19.5. The van der Waals surface area contributed by atoms with Crippen LogP contribution < -0.4 is 5.32 Å². The zero-order valence-electron chi connectivity index (χ0n) is 18.7. The van der Waals surface area contributed by atoms with Gasteiger partial charge in [0.1, 0.15) is 5.78 Å². The molecule has 0 spiro atoms. The molecule has 0 bridgehead atoms. The van der Waals surface area contributed by atoms with Crippen molar-refractivity contribution in [3.63, 3.8) is 0 Å². The predicted octanol–water partition coefficient (Wildman–Crippen LogP) is 4.28. The Morgan fingerprint density at radius 1 is 1.30 bits per heavy atom. The van der Waals surface area contributed by atoms with Gasteiger partial charge in [0.2, 0.25) is 6.41 Å². The Labute approximate surface area is 185 Å². The molecular formula is C23H36N4O2S. The lowest BCUT2D eigenvalue weighted by Crippen LogP contribution is -2.34. The number of rotatable bonds is 13. The van der Waals surface area contributed by atoms with E-state index < -0.39 is 0 Å². The molecule has 1 unspecified atom stereocenters. The molecule has 0 aromatic carbocycles. The number of hydrogen-bond donors (Lipinski definition) is 1. The highest BCUT2D eigenvalue weighted by atomic mass is 32.2. The van der Waals surface area contributed by atoms with E-state index in [9.17, 15) is 9.59 Å². The van der Waals surface area contributed by atoms with Gasteiger partial charge in [0.15, 0.2) is 0 Å². The third-order valence-electron chi connectivity index (χ3n) is 5.30. The van der Waals surface area contributed by atoms with E-state index in [0.29, 0.717) is 18.4 Å². The molecule has 1 atom stereocenters. The second-order valence-corrected chi connectivity index (χ2v) is 9.43. The van der Waals surface area contributed by atoms with Crippen LogP contribution in [-0.4, -0.2) is 54.0 Å². The van der Waals surface area contributed by atoms with Crippen LogP contribution in [0.2, 0.25) is 0 Å². The van der Waals surface area contributed by atoms with Gasteiger partial charge in [-0.2, -0.15) is 0 Å². The topological polar surface area (TPSA) is 65.0 Å². The number of likely N-dealkylation sites (tertiary alicyclic amines) is 1. The van der Waals surface area contributed by atoms with E-state index in [1.165, 1.54) is 49.5 Å². The second kappa shape index (κ2) is 12.0. The summed E-state index contributed by atoms with van der Waals surface area (Å²) in [5.41, 5.74) is 2.02. The summed E-state index contributed by atoms with van der Waals surface area (Å²) in [5.74, 6) is 0.527. The fraction of sp³-hybridized carbons (Fsp3) is 0.609. The molecule has 1 aliphatic heterocycles. The van der Waals surface area contributed by atoms with Crippen LogP contribution in [0.1, 0.15) is 59.3 Å². The Hall–Kier alpha value is -2.02. The minimum absolute atomic E-state index is 0.0393. The van der Waals surface area contributed by atoms with Crippen LogP contribution in [0.15, 0.2) is 39.5 Å². The van der Waals surface area contributed by atoms with Gasteiger partial charge < -0.3 is 10.2 Å². The second-order valence-electron chi connectivity index (χ2n) is 8.26. The minimum atomic E-state index is -0.0803. The third-order valence-corrected chi connectivity index (χ3v) is 6.62. The molecule has 6 nitrogen and oxygen atoms in total. The van der Waals surface area contributed by atoms with Crippen molar-refractivity contribution in [2.24, 2.45) is 10.9 Å². The Morgan fingerprint density at radius 3 is 2.63 bits per heavy atom. The first-order valence-corrected chi connectivity index (χ1v) is 11.6. The summed E-state index contributed by atoms with van der Waals surface area (Å²) < 4.78 is 0. The molecule has 0 aromatic heterocycles. The lowest BCUT2D eigenvalue weighted by Gasteiger charge is -2.35. The standard InChI is InChI=1S/C23H36N4O2S/c1-6-23(19(4)24-15-26(16-28)13-18(3)29)30-20(5)27-11-7-8-21(14-27)12-17(2)25-22-9-10-22/h15-16,21-22,25H,2,5-14H2,1,3-4H3/b23-19+,24-15-. The zero-order chi connectivity index (χ0) is 22.1. The number of Topliss-reactive ketones (excluding diaryl/α,β-unsaturated/α-hetero) is 1. The molecule has 1 heterocycles. The summed E-state index contributed by atoms with van der Waals surface area (Å²) >= 11 is 1.66.